The lowest BCUT2D eigenvalue weighted by atomic mass is 9.71. The molecule has 404 valence electrons. The van der Waals surface area contributed by atoms with Crippen molar-refractivity contribution < 1.29 is 28.8 Å². The first-order valence-corrected chi connectivity index (χ1v) is 31.1. The molecule has 0 saturated heterocycles. The fourth-order valence-electron chi connectivity index (χ4n) is 10.9. The van der Waals surface area contributed by atoms with E-state index in [-0.39, 0.29) is 11.0 Å². The van der Waals surface area contributed by atoms with E-state index >= 15 is 0 Å². The highest BCUT2D eigenvalue weighted by Gasteiger charge is 2.46. The maximum Gasteiger partial charge on any atom is 0.346 e. The van der Waals surface area contributed by atoms with Gasteiger partial charge in [-0.25, -0.2) is 4.79 Å². The molecule has 1 aliphatic heterocycles. The van der Waals surface area contributed by atoms with Crippen molar-refractivity contribution in [2.24, 2.45) is 11.8 Å². The number of carboxylic acids is 1. The molecule has 76 heavy (non-hydrogen) atoms. The zero-order chi connectivity index (χ0) is 53.4. The van der Waals surface area contributed by atoms with Gasteiger partial charge in [-0.1, -0.05) is 144 Å². The Kier molecular flexibility index (Phi) is 20.6. The van der Waals surface area contributed by atoms with Crippen molar-refractivity contribution in [1.82, 2.24) is 0 Å². The average molecular weight is 1080 g/mol. The molecule has 0 bridgehead atoms. The van der Waals surface area contributed by atoms with Gasteiger partial charge in [0, 0.05) is 42.0 Å². The molecule has 0 amide bonds. The number of carboxylic acid groups (broad SMARTS) is 1. The Bertz CT molecular complexity index is 2790. The molecule has 3 aromatic heterocycles. The lowest BCUT2D eigenvalue weighted by Gasteiger charge is -2.31. The van der Waals surface area contributed by atoms with Crippen molar-refractivity contribution in [2.45, 2.75) is 163 Å². The van der Waals surface area contributed by atoms with Crippen LogP contribution in [0.25, 0.3) is 36.0 Å². The number of nitriles is 1. The van der Waals surface area contributed by atoms with E-state index in [1.54, 1.807) is 0 Å². The quantitative estimate of drug-likeness (QED) is 0.0261. The number of unbranched alkanes of at least 4 members (excludes halogenated alkanes) is 8. The molecule has 4 heterocycles. The number of thiophene rings is 3. The number of hydrogen-bond donors (Lipinski definition) is 1. The molecule has 2 atom stereocenters. The zero-order valence-corrected chi connectivity index (χ0v) is 48.4. The van der Waals surface area contributed by atoms with Crippen LogP contribution in [0.5, 0.6) is 23.0 Å². The van der Waals surface area contributed by atoms with Crippen molar-refractivity contribution >= 4 is 63.1 Å². The summed E-state index contributed by atoms with van der Waals surface area (Å²) in [7, 11) is 0. The second kappa shape index (κ2) is 27.7. The van der Waals surface area contributed by atoms with Gasteiger partial charge < -0.3 is 29.0 Å². The lowest BCUT2D eigenvalue weighted by molar-refractivity contribution is -0.132. The standard InChI is InChI=1S/C65H80N2O6S3/c1-7-13-17-19-35-65(36-20-18-14-8-2)54-40-56(74-61(54)62-55(65)41-58(76-62)63-60-59(70-37-38-71-60)57(75-63)39-48(42-66)64(68)69)47-23-25-49(26-24-47)67(50-27-31-52(32-28-50)72-43-45(11-5)21-15-9-3)51-29-33-53(34-30-51)73-44-46(12-6)22-16-10-4/h23-34,39-41,45-46H,7-22,35-38,43-44H2,1-6H3,(H,68,69)/b48-39+. The first-order chi connectivity index (χ1) is 37.2. The monoisotopic (exact) mass is 1080 g/mol. The maximum atomic E-state index is 12.0. The molecule has 0 fully saturated rings. The van der Waals surface area contributed by atoms with Gasteiger partial charge in [-0.3, -0.25) is 0 Å². The smallest absolute Gasteiger partial charge is 0.346 e. The van der Waals surface area contributed by atoms with E-state index in [0.717, 1.165) is 90.1 Å². The Hall–Kier alpha value is -5.54. The third-order valence-electron chi connectivity index (χ3n) is 15.5. The van der Waals surface area contributed by atoms with Crippen LogP contribution in [0.15, 0.2) is 90.5 Å². The average Bonchev–Trinajstić information content (AvgIpc) is 4.31. The molecule has 8 nitrogen and oxygen atoms in total. The van der Waals surface area contributed by atoms with Gasteiger partial charge in [-0.15, -0.1) is 34.0 Å². The molecular formula is C65H80N2O6S3. The van der Waals surface area contributed by atoms with Crippen LogP contribution in [-0.4, -0.2) is 37.5 Å². The molecular weight excluding hydrogens is 1000 g/mol. The summed E-state index contributed by atoms with van der Waals surface area (Å²) in [4.78, 5) is 20.9. The van der Waals surface area contributed by atoms with Crippen molar-refractivity contribution in [3.63, 3.8) is 0 Å². The number of ether oxygens (including phenoxy) is 4. The van der Waals surface area contributed by atoms with E-state index in [1.807, 2.05) is 28.7 Å². The van der Waals surface area contributed by atoms with E-state index < -0.39 is 5.97 Å². The van der Waals surface area contributed by atoms with Gasteiger partial charge in [0.05, 0.1) is 23.0 Å². The van der Waals surface area contributed by atoms with Gasteiger partial charge >= 0.3 is 5.97 Å². The number of rotatable bonds is 31. The molecule has 8 rings (SSSR count). The highest BCUT2D eigenvalue weighted by molar-refractivity contribution is 7.28. The predicted molar refractivity (Wildman–Crippen MR) is 319 cm³/mol. The number of hydrogen-bond acceptors (Lipinski definition) is 10. The lowest BCUT2D eigenvalue weighted by Crippen LogP contribution is -2.25. The summed E-state index contributed by atoms with van der Waals surface area (Å²) in [5.74, 6) is 2.82. The SMILES string of the molecule is CCCCCCC1(CCCCCC)c2cc(-c3ccc(N(c4ccc(OCC(CC)CCCC)cc4)c4ccc(OCC(CC)CCCC)cc4)cc3)sc2-c2sc(-c3sc(/C=C(\C#N)C(=O)O)c4c3OCCO4)cc21. The number of benzene rings is 3. The molecule has 1 N–H and O–H groups in total. The van der Waals surface area contributed by atoms with Crippen LogP contribution in [0.2, 0.25) is 0 Å². The van der Waals surface area contributed by atoms with E-state index in [4.69, 9.17) is 18.9 Å². The van der Waals surface area contributed by atoms with Crippen molar-refractivity contribution in [3.8, 4) is 59.0 Å². The minimum atomic E-state index is -1.26. The van der Waals surface area contributed by atoms with E-state index in [9.17, 15) is 15.2 Å². The van der Waals surface area contributed by atoms with Crippen molar-refractivity contribution in [3.05, 3.63) is 107 Å². The van der Waals surface area contributed by atoms with Gasteiger partial charge in [-0.05, 0) is 133 Å². The van der Waals surface area contributed by atoms with E-state index in [0.29, 0.717) is 41.4 Å². The Morgan fingerprint density at radius 3 is 1.58 bits per heavy atom. The topological polar surface area (TPSA) is 101 Å². The Labute approximate surface area is 465 Å². The Morgan fingerprint density at radius 1 is 0.632 bits per heavy atom. The summed E-state index contributed by atoms with van der Waals surface area (Å²) < 4.78 is 25.2. The molecule has 0 spiro atoms. The Morgan fingerprint density at radius 2 is 1.11 bits per heavy atom. The van der Waals surface area contributed by atoms with Crippen LogP contribution in [0.4, 0.5) is 17.1 Å². The molecule has 2 unspecified atom stereocenters. The zero-order valence-electron chi connectivity index (χ0n) is 46.0. The van der Waals surface area contributed by atoms with Crippen molar-refractivity contribution in [2.75, 3.05) is 31.3 Å². The molecule has 6 aromatic rings. The largest absolute Gasteiger partial charge is 0.493 e. The first-order valence-electron chi connectivity index (χ1n) is 28.6. The molecule has 0 radical (unpaired) electrons. The second-order valence-electron chi connectivity index (χ2n) is 20.9. The fourth-order valence-corrected chi connectivity index (χ4v) is 14.8. The number of fused-ring (bicyclic) bond motifs is 4. The Balaban J connectivity index is 1.15. The molecule has 11 heteroatoms. The number of aliphatic carboxylic acids is 1. The van der Waals surface area contributed by atoms with E-state index in [1.165, 1.54) is 126 Å². The summed E-state index contributed by atoms with van der Waals surface area (Å²) in [5, 5.41) is 19.5. The summed E-state index contributed by atoms with van der Waals surface area (Å²) in [6.07, 6.45) is 22.7. The van der Waals surface area contributed by atoms with Crippen LogP contribution >= 0.6 is 34.0 Å². The minimum Gasteiger partial charge on any atom is -0.493 e. The van der Waals surface area contributed by atoms with Crippen LogP contribution < -0.4 is 23.8 Å². The summed E-state index contributed by atoms with van der Waals surface area (Å²) >= 11 is 5.17. The van der Waals surface area contributed by atoms with Crippen LogP contribution in [0, 0.1) is 23.2 Å². The molecule has 1 aliphatic carbocycles. The normalized spacial score (nSPS) is 14.2. The highest BCUT2D eigenvalue weighted by Crippen LogP contribution is 2.63. The number of anilines is 3. The number of nitrogens with zero attached hydrogens (tertiary/aromatic N) is 2. The third kappa shape index (κ3) is 13.2. The molecule has 2 aliphatic rings. The summed E-state index contributed by atoms with van der Waals surface area (Å²) in [5.41, 5.74) is 6.80. The first kappa shape index (κ1) is 56.7. The van der Waals surface area contributed by atoms with Gasteiger partial charge in [0.1, 0.15) is 36.4 Å². The molecule has 3 aromatic carbocycles. The highest BCUT2D eigenvalue weighted by atomic mass is 32.1. The second-order valence-corrected chi connectivity index (χ2v) is 24.0. The van der Waals surface area contributed by atoms with Crippen LogP contribution in [-0.2, 0) is 10.2 Å². The van der Waals surface area contributed by atoms with Crippen LogP contribution in [0.1, 0.15) is 173 Å². The van der Waals surface area contributed by atoms with Gasteiger partial charge in [-0.2, -0.15) is 5.26 Å². The van der Waals surface area contributed by atoms with Gasteiger partial charge in [0.15, 0.2) is 11.5 Å². The van der Waals surface area contributed by atoms with Gasteiger partial charge in [0.25, 0.3) is 0 Å². The maximum absolute atomic E-state index is 12.0. The predicted octanol–water partition coefficient (Wildman–Crippen LogP) is 19.8. The number of carbonyl (C=O) groups is 1. The summed E-state index contributed by atoms with van der Waals surface area (Å²) in [6.45, 7) is 15.8. The third-order valence-corrected chi connectivity index (χ3v) is 19.3. The minimum absolute atomic E-state index is 0.132. The van der Waals surface area contributed by atoms with E-state index in [2.05, 4.69) is 131 Å². The fraction of sp³-hybridized carbons (Fsp3) is 0.477. The van der Waals surface area contributed by atoms with Crippen molar-refractivity contribution in [1.29, 1.82) is 5.26 Å². The molecule has 0 saturated carbocycles. The van der Waals surface area contributed by atoms with Crippen LogP contribution in [0.3, 0.4) is 0 Å². The summed E-state index contributed by atoms with van der Waals surface area (Å²) in [6, 6.07) is 33.1. The van der Waals surface area contributed by atoms with Gasteiger partial charge in [0.2, 0.25) is 0 Å².